The van der Waals surface area contributed by atoms with E-state index in [0.717, 1.165) is 12.8 Å². The number of nitrogens with one attached hydrogen (secondary N) is 1. The fourth-order valence-corrected chi connectivity index (χ4v) is 2.35. The molecule has 0 radical (unpaired) electrons. The molecule has 0 amide bonds. The lowest BCUT2D eigenvalue weighted by atomic mass is 10.00. The first-order valence-electron chi connectivity index (χ1n) is 7.07. The monoisotopic (exact) mass is 286 g/mol. The first-order valence-corrected chi connectivity index (χ1v) is 7.45. The number of unbranched alkanes of at least 4 members (excludes halogenated alkanes) is 4. The summed E-state index contributed by atoms with van der Waals surface area (Å²) in [7, 11) is 0. The van der Waals surface area contributed by atoms with Crippen molar-refractivity contribution in [2.24, 2.45) is 5.84 Å². The first kappa shape index (κ1) is 16.4. The maximum absolute atomic E-state index is 13.7. The van der Waals surface area contributed by atoms with E-state index >= 15 is 0 Å². The maximum Gasteiger partial charge on any atom is 0.127 e. The van der Waals surface area contributed by atoms with E-state index in [1.807, 2.05) is 0 Å². The lowest BCUT2D eigenvalue weighted by Gasteiger charge is -2.16. The Morgan fingerprint density at radius 1 is 1.26 bits per heavy atom. The van der Waals surface area contributed by atoms with Gasteiger partial charge in [-0.05, 0) is 30.5 Å². The molecule has 0 aliphatic carbocycles. The van der Waals surface area contributed by atoms with Crippen LogP contribution in [0.5, 0.6) is 0 Å². The van der Waals surface area contributed by atoms with Gasteiger partial charge in [0.15, 0.2) is 0 Å². The van der Waals surface area contributed by atoms with Gasteiger partial charge in [0.1, 0.15) is 5.82 Å². The summed E-state index contributed by atoms with van der Waals surface area (Å²) < 4.78 is 13.7. The molecule has 108 valence electrons. The predicted octanol–water partition coefficient (Wildman–Crippen LogP) is 4.21. The van der Waals surface area contributed by atoms with Crippen LogP contribution in [0.3, 0.4) is 0 Å². The normalized spacial score (nSPS) is 12.6. The molecule has 0 aliphatic heterocycles. The Bertz CT molecular complexity index is 371. The molecular formula is C15H24ClFN2. The smallest absolute Gasteiger partial charge is 0.127 e. The van der Waals surface area contributed by atoms with Crippen LogP contribution in [-0.2, 0) is 6.42 Å². The molecule has 0 saturated heterocycles. The van der Waals surface area contributed by atoms with Crippen LogP contribution in [0.15, 0.2) is 18.2 Å². The molecule has 1 atom stereocenters. The van der Waals surface area contributed by atoms with Gasteiger partial charge in [-0.1, -0.05) is 56.7 Å². The SMILES string of the molecule is CCCCCCCC(Cc1ccc(Cl)cc1F)NN. The van der Waals surface area contributed by atoms with E-state index in [1.165, 1.54) is 31.7 Å². The summed E-state index contributed by atoms with van der Waals surface area (Å²) in [6, 6.07) is 4.93. The Morgan fingerprint density at radius 2 is 2.00 bits per heavy atom. The molecule has 1 unspecified atom stereocenters. The van der Waals surface area contributed by atoms with E-state index in [9.17, 15) is 4.39 Å². The maximum atomic E-state index is 13.7. The fraction of sp³-hybridized carbons (Fsp3) is 0.600. The molecule has 2 nitrogen and oxygen atoms in total. The molecule has 0 fully saturated rings. The number of rotatable bonds is 9. The van der Waals surface area contributed by atoms with Crippen molar-refractivity contribution in [1.82, 2.24) is 5.43 Å². The van der Waals surface area contributed by atoms with Crippen LogP contribution >= 0.6 is 11.6 Å². The quantitative estimate of drug-likeness (QED) is 0.405. The van der Waals surface area contributed by atoms with Gasteiger partial charge >= 0.3 is 0 Å². The van der Waals surface area contributed by atoms with Gasteiger partial charge in [-0.25, -0.2) is 4.39 Å². The van der Waals surface area contributed by atoms with Crippen molar-refractivity contribution in [3.8, 4) is 0 Å². The highest BCUT2D eigenvalue weighted by Crippen LogP contribution is 2.17. The Balaban J connectivity index is 2.39. The highest BCUT2D eigenvalue weighted by Gasteiger charge is 2.11. The second-order valence-electron chi connectivity index (χ2n) is 5.01. The second-order valence-corrected chi connectivity index (χ2v) is 5.44. The van der Waals surface area contributed by atoms with Gasteiger partial charge in [-0.3, -0.25) is 11.3 Å². The summed E-state index contributed by atoms with van der Waals surface area (Å²) in [4.78, 5) is 0. The van der Waals surface area contributed by atoms with Gasteiger partial charge in [0.25, 0.3) is 0 Å². The zero-order chi connectivity index (χ0) is 14.1. The third kappa shape index (κ3) is 6.37. The highest BCUT2D eigenvalue weighted by molar-refractivity contribution is 6.30. The van der Waals surface area contributed by atoms with Crippen molar-refractivity contribution in [3.63, 3.8) is 0 Å². The number of nitrogens with two attached hydrogens (primary N) is 1. The lowest BCUT2D eigenvalue weighted by molar-refractivity contribution is 0.453. The molecule has 1 rings (SSSR count). The van der Waals surface area contributed by atoms with Crippen LogP contribution in [0, 0.1) is 5.82 Å². The van der Waals surface area contributed by atoms with Crippen LogP contribution in [0.25, 0.3) is 0 Å². The third-order valence-electron chi connectivity index (χ3n) is 3.37. The molecule has 1 aromatic carbocycles. The number of benzene rings is 1. The second kappa shape index (κ2) is 9.29. The minimum Gasteiger partial charge on any atom is -0.271 e. The number of hydrazine groups is 1. The van der Waals surface area contributed by atoms with Crippen LogP contribution in [-0.4, -0.2) is 6.04 Å². The third-order valence-corrected chi connectivity index (χ3v) is 3.61. The number of hydrogen-bond acceptors (Lipinski definition) is 2. The Labute approximate surface area is 120 Å². The van der Waals surface area contributed by atoms with E-state index in [2.05, 4.69) is 12.3 Å². The Morgan fingerprint density at radius 3 is 2.63 bits per heavy atom. The van der Waals surface area contributed by atoms with Crippen molar-refractivity contribution >= 4 is 11.6 Å². The molecular weight excluding hydrogens is 263 g/mol. The molecule has 0 spiro atoms. The van der Waals surface area contributed by atoms with E-state index in [4.69, 9.17) is 17.4 Å². The van der Waals surface area contributed by atoms with Gasteiger partial charge in [-0.15, -0.1) is 0 Å². The Kier molecular flexibility index (Phi) is 8.03. The summed E-state index contributed by atoms with van der Waals surface area (Å²) in [5.41, 5.74) is 3.45. The van der Waals surface area contributed by atoms with Crippen LogP contribution < -0.4 is 11.3 Å². The Hall–Kier alpha value is -0.640. The van der Waals surface area contributed by atoms with Crippen molar-refractivity contribution in [2.45, 2.75) is 57.9 Å². The minimum atomic E-state index is -0.251. The fourth-order valence-electron chi connectivity index (χ4n) is 2.19. The molecule has 0 bridgehead atoms. The average molecular weight is 287 g/mol. The van der Waals surface area contributed by atoms with Crippen molar-refractivity contribution in [1.29, 1.82) is 0 Å². The first-order chi connectivity index (χ1) is 9.17. The molecule has 4 heteroatoms. The summed E-state index contributed by atoms with van der Waals surface area (Å²) in [5, 5.41) is 0.429. The number of hydrogen-bond donors (Lipinski definition) is 2. The van der Waals surface area contributed by atoms with Crippen LogP contribution in [0.4, 0.5) is 4.39 Å². The molecule has 1 aromatic rings. The van der Waals surface area contributed by atoms with Crippen molar-refractivity contribution in [2.75, 3.05) is 0 Å². The molecule has 0 heterocycles. The molecule has 19 heavy (non-hydrogen) atoms. The van der Waals surface area contributed by atoms with E-state index < -0.39 is 0 Å². The largest absolute Gasteiger partial charge is 0.271 e. The van der Waals surface area contributed by atoms with Crippen LogP contribution in [0.2, 0.25) is 5.02 Å². The van der Waals surface area contributed by atoms with Crippen molar-refractivity contribution < 1.29 is 4.39 Å². The summed E-state index contributed by atoms with van der Waals surface area (Å²) in [5.74, 6) is 5.29. The lowest BCUT2D eigenvalue weighted by Crippen LogP contribution is -2.36. The van der Waals surface area contributed by atoms with Gasteiger partial charge in [0, 0.05) is 11.1 Å². The average Bonchev–Trinajstić information content (AvgIpc) is 2.39. The summed E-state index contributed by atoms with van der Waals surface area (Å²) >= 11 is 5.74. The molecule has 0 saturated carbocycles. The standard InChI is InChI=1S/C15H24ClFN2/c1-2-3-4-5-6-7-14(19-18)10-12-8-9-13(16)11-15(12)17/h8-9,11,14,19H,2-7,10,18H2,1H3. The van der Waals surface area contributed by atoms with Gasteiger partial charge < -0.3 is 0 Å². The van der Waals surface area contributed by atoms with E-state index in [0.29, 0.717) is 17.0 Å². The zero-order valence-electron chi connectivity index (χ0n) is 11.6. The number of halogens is 2. The highest BCUT2D eigenvalue weighted by atomic mass is 35.5. The van der Waals surface area contributed by atoms with Crippen LogP contribution in [0.1, 0.15) is 51.0 Å². The minimum absolute atomic E-state index is 0.123. The molecule has 0 aromatic heterocycles. The summed E-state index contributed by atoms with van der Waals surface area (Å²) in [6.07, 6.45) is 7.72. The molecule has 0 aliphatic rings. The molecule has 3 N–H and O–H groups in total. The van der Waals surface area contributed by atoms with Crippen molar-refractivity contribution in [3.05, 3.63) is 34.6 Å². The van der Waals surface area contributed by atoms with Gasteiger partial charge in [0.05, 0.1) is 0 Å². The van der Waals surface area contributed by atoms with E-state index in [-0.39, 0.29) is 11.9 Å². The predicted molar refractivity (Wildman–Crippen MR) is 79.6 cm³/mol. The van der Waals surface area contributed by atoms with Gasteiger partial charge in [0.2, 0.25) is 0 Å². The zero-order valence-corrected chi connectivity index (χ0v) is 12.3. The van der Waals surface area contributed by atoms with E-state index in [1.54, 1.807) is 12.1 Å². The topological polar surface area (TPSA) is 38.0 Å². The van der Waals surface area contributed by atoms with Gasteiger partial charge in [-0.2, -0.15) is 0 Å². The summed E-state index contributed by atoms with van der Waals surface area (Å²) in [6.45, 7) is 2.20.